The second-order valence-electron chi connectivity index (χ2n) is 4.08. The lowest BCUT2D eigenvalue weighted by molar-refractivity contribution is -0.118. The van der Waals surface area contributed by atoms with E-state index in [4.69, 9.17) is 5.73 Å². The van der Waals surface area contributed by atoms with E-state index in [1.165, 1.54) is 6.20 Å². The number of hydrogen-bond donors (Lipinski definition) is 3. The Hall–Kier alpha value is -1.67. The number of carbonyl (C=O) groups is 1. The fourth-order valence-corrected chi connectivity index (χ4v) is 2.95. The highest BCUT2D eigenvalue weighted by molar-refractivity contribution is 7.89. The maximum atomic E-state index is 12.2. The van der Waals surface area contributed by atoms with Gasteiger partial charge in [0.1, 0.15) is 0 Å². The van der Waals surface area contributed by atoms with Gasteiger partial charge in [-0.15, -0.1) is 0 Å². The van der Waals surface area contributed by atoms with Gasteiger partial charge in [0.15, 0.2) is 5.03 Å². The standard InChI is InChI=1S/C11H18N4O3S/c1-3-13-9-5-4-6-14-11(9)19(17,18)15-8(2)7-10(12)16/h4-6,8,13,15H,3,7H2,1-2H3,(H2,12,16). The number of sulfonamides is 1. The number of pyridine rings is 1. The van der Waals surface area contributed by atoms with E-state index in [0.29, 0.717) is 12.2 Å². The highest BCUT2D eigenvalue weighted by atomic mass is 32.2. The van der Waals surface area contributed by atoms with E-state index in [9.17, 15) is 13.2 Å². The molecule has 1 rings (SSSR count). The largest absolute Gasteiger partial charge is 0.383 e. The van der Waals surface area contributed by atoms with Gasteiger partial charge in [-0.3, -0.25) is 4.79 Å². The Labute approximate surface area is 112 Å². The minimum Gasteiger partial charge on any atom is -0.383 e. The van der Waals surface area contributed by atoms with Crippen molar-refractivity contribution >= 4 is 21.6 Å². The molecule has 0 saturated carbocycles. The van der Waals surface area contributed by atoms with Crippen LogP contribution in [0.1, 0.15) is 20.3 Å². The van der Waals surface area contributed by atoms with Crippen LogP contribution >= 0.6 is 0 Å². The topological polar surface area (TPSA) is 114 Å². The van der Waals surface area contributed by atoms with Crippen molar-refractivity contribution in [2.75, 3.05) is 11.9 Å². The molecule has 0 aliphatic heterocycles. The number of rotatable bonds is 7. The van der Waals surface area contributed by atoms with E-state index >= 15 is 0 Å². The van der Waals surface area contributed by atoms with Gasteiger partial charge in [0, 0.05) is 25.2 Å². The average Bonchev–Trinajstić information content (AvgIpc) is 2.27. The summed E-state index contributed by atoms with van der Waals surface area (Å²) in [6.45, 7) is 4.00. The van der Waals surface area contributed by atoms with Crippen LogP contribution in [0.3, 0.4) is 0 Å². The first-order valence-electron chi connectivity index (χ1n) is 5.86. The van der Waals surface area contributed by atoms with E-state index in [-0.39, 0.29) is 11.4 Å². The van der Waals surface area contributed by atoms with Crippen molar-refractivity contribution in [3.05, 3.63) is 18.3 Å². The maximum absolute atomic E-state index is 12.2. The van der Waals surface area contributed by atoms with E-state index in [1.807, 2.05) is 6.92 Å². The number of carbonyl (C=O) groups excluding carboxylic acids is 1. The van der Waals surface area contributed by atoms with Crippen LogP contribution in [0.2, 0.25) is 0 Å². The predicted octanol–water partition coefficient (Wildman–Crippen LogP) is 0.0556. The summed E-state index contributed by atoms with van der Waals surface area (Å²) in [5, 5.41) is 2.83. The normalized spacial score (nSPS) is 12.9. The molecule has 0 spiro atoms. The van der Waals surface area contributed by atoms with Gasteiger partial charge in [0.05, 0.1) is 5.69 Å². The number of nitrogens with zero attached hydrogens (tertiary/aromatic N) is 1. The molecular formula is C11H18N4O3S. The third-order valence-corrected chi connectivity index (χ3v) is 3.80. The maximum Gasteiger partial charge on any atom is 0.260 e. The van der Waals surface area contributed by atoms with Crippen molar-refractivity contribution in [2.24, 2.45) is 5.73 Å². The molecule has 8 heteroatoms. The van der Waals surface area contributed by atoms with Crippen molar-refractivity contribution in [1.82, 2.24) is 9.71 Å². The summed E-state index contributed by atoms with van der Waals surface area (Å²) in [5.74, 6) is -0.567. The van der Waals surface area contributed by atoms with E-state index in [2.05, 4.69) is 15.0 Å². The summed E-state index contributed by atoms with van der Waals surface area (Å²) in [6.07, 6.45) is 1.33. The first-order valence-corrected chi connectivity index (χ1v) is 7.34. The number of aromatic nitrogens is 1. The zero-order chi connectivity index (χ0) is 14.5. The van der Waals surface area contributed by atoms with E-state index < -0.39 is 22.0 Å². The molecule has 4 N–H and O–H groups in total. The summed E-state index contributed by atoms with van der Waals surface area (Å²) >= 11 is 0. The second-order valence-corrected chi connectivity index (χ2v) is 5.71. The van der Waals surface area contributed by atoms with Crippen molar-refractivity contribution in [3.63, 3.8) is 0 Å². The van der Waals surface area contributed by atoms with Crippen molar-refractivity contribution in [2.45, 2.75) is 31.3 Å². The Bertz CT molecular complexity index is 545. The van der Waals surface area contributed by atoms with Crippen LogP contribution in [0.4, 0.5) is 5.69 Å². The summed E-state index contributed by atoms with van der Waals surface area (Å²) < 4.78 is 26.7. The predicted molar refractivity (Wildman–Crippen MR) is 72.0 cm³/mol. The van der Waals surface area contributed by atoms with Gasteiger partial charge in [-0.2, -0.15) is 0 Å². The van der Waals surface area contributed by atoms with Crippen molar-refractivity contribution in [1.29, 1.82) is 0 Å². The van der Waals surface area contributed by atoms with Crippen LogP contribution in [0.15, 0.2) is 23.4 Å². The van der Waals surface area contributed by atoms with Crippen molar-refractivity contribution in [3.8, 4) is 0 Å². The van der Waals surface area contributed by atoms with Gasteiger partial charge < -0.3 is 11.1 Å². The smallest absolute Gasteiger partial charge is 0.260 e. The number of amides is 1. The molecule has 0 fully saturated rings. The van der Waals surface area contributed by atoms with Gasteiger partial charge in [-0.1, -0.05) is 0 Å². The van der Waals surface area contributed by atoms with Gasteiger partial charge in [-0.25, -0.2) is 18.1 Å². The highest BCUT2D eigenvalue weighted by Crippen LogP contribution is 2.18. The monoisotopic (exact) mass is 286 g/mol. The molecule has 0 aliphatic carbocycles. The Morgan fingerprint density at radius 1 is 1.53 bits per heavy atom. The quantitative estimate of drug-likeness (QED) is 0.655. The molecule has 19 heavy (non-hydrogen) atoms. The molecule has 106 valence electrons. The molecule has 1 amide bonds. The third kappa shape index (κ3) is 4.49. The Balaban J connectivity index is 2.97. The summed E-state index contributed by atoms with van der Waals surface area (Å²) in [5.41, 5.74) is 5.45. The Morgan fingerprint density at radius 2 is 2.21 bits per heavy atom. The SMILES string of the molecule is CCNc1cccnc1S(=O)(=O)NC(C)CC(N)=O. The first kappa shape index (κ1) is 15.4. The van der Waals surface area contributed by atoms with Crippen molar-refractivity contribution < 1.29 is 13.2 Å². The van der Waals surface area contributed by atoms with E-state index in [1.54, 1.807) is 19.1 Å². The number of hydrogen-bond acceptors (Lipinski definition) is 5. The van der Waals surface area contributed by atoms with Crippen LogP contribution in [-0.4, -0.2) is 31.9 Å². The van der Waals surface area contributed by atoms with Crippen LogP contribution in [-0.2, 0) is 14.8 Å². The molecular weight excluding hydrogens is 268 g/mol. The zero-order valence-electron chi connectivity index (χ0n) is 10.9. The van der Waals surface area contributed by atoms with Gasteiger partial charge >= 0.3 is 0 Å². The molecule has 1 atom stereocenters. The molecule has 0 radical (unpaired) electrons. The molecule has 0 aromatic carbocycles. The molecule has 7 nitrogen and oxygen atoms in total. The van der Waals surface area contributed by atoms with Crippen LogP contribution in [0, 0.1) is 0 Å². The molecule has 0 saturated heterocycles. The molecule has 1 aromatic heterocycles. The number of anilines is 1. The average molecular weight is 286 g/mol. The summed E-state index contributed by atoms with van der Waals surface area (Å²) in [7, 11) is -3.79. The molecule has 0 bridgehead atoms. The molecule has 0 aliphatic rings. The lowest BCUT2D eigenvalue weighted by atomic mass is 10.2. The minimum absolute atomic E-state index is 0.0669. The van der Waals surface area contributed by atoms with E-state index in [0.717, 1.165) is 0 Å². The van der Waals surface area contributed by atoms with Gasteiger partial charge in [0.2, 0.25) is 5.91 Å². The van der Waals surface area contributed by atoms with Crippen LogP contribution in [0.25, 0.3) is 0 Å². The fraction of sp³-hybridized carbons (Fsp3) is 0.455. The first-order chi connectivity index (χ1) is 8.86. The molecule has 1 unspecified atom stereocenters. The fourth-order valence-electron chi connectivity index (χ4n) is 1.59. The minimum atomic E-state index is -3.79. The summed E-state index contributed by atoms with van der Waals surface area (Å²) in [6, 6.07) is 2.69. The Morgan fingerprint density at radius 3 is 2.79 bits per heavy atom. The number of primary amides is 1. The second kappa shape index (κ2) is 6.48. The summed E-state index contributed by atoms with van der Waals surface area (Å²) in [4.78, 5) is 14.6. The third-order valence-electron chi connectivity index (χ3n) is 2.26. The van der Waals surface area contributed by atoms with Gasteiger partial charge in [-0.05, 0) is 26.0 Å². The molecule has 1 heterocycles. The van der Waals surface area contributed by atoms with Crippen LogP contribution < -0.4 is 15.8 Å². The highest BCUT2D eigenvalue weighted by Gasteiger charge is 2.22. The zero-order valence-corrected chi connectivity index (χ0v) is 11.7. The Kier molecular flexibility index (Phi) is 5.25. The lowest BCUT2D eigenvalue weighted by Crippen LogP contribution is -2.36. The van der Waals surface area contributed by atoms with Crippen LogP contribution in [0.5, 0.6) is 0 Å². The lowest BCUT2D eigenvalue weighted by Gasteiger charge is -2.14. The molecule has 1 aromatic rings. The number of nitrogens with two attached hydrogens (primary N) is 1. The number of nitrogens with one attached hydrogen (secondary N) is 2. The van der Waals surface area contributed by atoms with Gasteiger partial charge in [0.25, 0.3) is 10.0 Å².